The van der Waals surface area contributed by atoms with Gasteiger partial charge in [-0.1, -0.05) is 24.3 Å². The van der Waals surface area contributed by atoms with E-state index in [2.05, 4.69) is 26.6 Å². The highest BCUT2D eigenvalue weighted by Gasteiger charge is 2.07. The second-order valence-electron chi connectivity index (χ2n) is 4.70. The number of benzene rings is 2. The standard InChI is InChI=1S/C17H17BrN2O3/c1-2-23-16(21)13-9-7-12(8-10-13)11-19-17(22)20-15-6-4-3-5-14(15)18/h3-10H,2,11H2,1H3,(H2,19,20,22). The summed E-state index contributed by atoms with van der Waals surface area (Å²) in [5.74, 6) is -0.348. The molecule has 23 heavy (non-hydrogen) atoms. The molecule has 6 heteroatoms. The maximum Gasteiger partial charge on any atom is 0.338 e. The van der Waals surface area contributed by atoms with Crippen LogP contribution in [-0.2, 0) is 11.3 Å². The molecule has 0 aliphatic heterocycles. The minimum atomic E-state index is -0.348. The molecule has 2 amide bonds. The molecule has 0 aliphatic carbocycles. The monoisotopic (exact) mass is 376 g/mol. The maximum absolute atomic E-state index is 11.9. The average Bonchev–Trinajstić information content (AvgIpc) is 2.56. The number of rotatable bonds is 5. The van der Waals surface area contributed by atoms with Gasteiger partial charge in [0.2, 0.25) is 0 Å². The van der Waals surface area contributed by atoms with Crippen molar-refractivity contribution >= 4 is 33.6 Å². The summed E-state index contributed by atoms with van der Waals surface area (Å²) in [6.07, 6.45) is 0. The second kappa shape index (κ2) is 8.33. The Morgan fingerprint density at radius 3 is 2.43 bits per heavy atom. The van der Waals surface area contributed by atoms with Gasteiger partial charge >= 0.3 is 12.0 Å². The molecule has 120 valence electrons. The lowest BCUT2D eigenvalue weighted by Crippen LogP contribution is -2.28. The fourth-order valence-corrected chi connectivity index (χ4v) is 2.27. The summed E-state index contributed by atoms with van der Waals surface area (Å²) in [6, 6.07) is 14.0. The molecule has 0 atom stereocenters. The number of amides is 2. The molecule has 2 rings (SSSR count). The largest absolute Gasteiger partial charge is 0.462 e. The van der Waals surface area contributed by atoms with E-state index in [0.717, 1.165) is 10.0 Å². The van der Waals surface area contributed by atoms with Crippen LogP contribution in [0.5, 0.6) is 0 Å². The van der Waals surface area contributed by atoms with Crippen LogP contribution in [-0.4, -0.2) is 18.6 Å². The zero-order chi connectivity index (χ0) is 16.7. The molecule has 0 radical (unpaired) electrons. The zero-order valence-corrected chi connectivity index (χ0v) is 14.2. The Hall–Kier alpha value is -2.34. The first-order chi connectivity index (χ1) is 11.1. The van der Waals surface area contributed by atoms with Crippen molar-refractivity contribution in [2.45, 2.75) is 13.5 Å². The number of carbonyl (C=O) groups excluding carboxylic acids is 2. The SMILES string of the molecule is CCOC(=O)c1ccc(CNC(=O)Nc2ccccc2Br)cc1. The van der Waals surface area contributed by atoms with E-state index in [-0.39, 0.29) is 12.0 Å². The topological polar surface area (TPSA) is 67.4 Å². The summed E-state index contributed by atoms with van der Waals surface area (Å²) in [7, 11) is 0. The third-order valence-corrected chi connectivity index (χ3v) is 3.73. The third kappa shape index (κ3) is 5.10. The summed E-state index contributed by atoms with van der Waals surface area (Å²) >= 11 is 3.37. The fourth-order valence-electron chi connectivity index (χ4n) is 1.88. The summed E-state index contributed by atoms with van der Waals surface area (Å²) < 4.78 is 5.73. The van der Waals surface area contributed by atoms with Crippen molar-refractivity contribution in [2.24, 2.45) is 0 Å². The van der Waals surface area contributed by atoms with Crippen molar-refractivity contribution < 1.29 is 14.3 Å². The Morgan fingerprint density at radius 1 is 1.09 bits per heavy atom. The number of para-hydroxylation sites is 1. The van der Waals surface area contributed by atoms with E-state index in [1.54, 1.807) is 37.3 Å². The number of hydrogen-bond donors (Lipinski definition) is 2. The Labute approximate surface area is 143 Å². The highest BCUT2D eigenvalue weighted by atomic mass is 79.9. The number of carbonyl (C=O) groups is 2. The van der Waals surface area contributed by atoms with E-state index >= 15 is 0 Å². The van der Waals surface area contributed by atoms with Crippen LogP contribution in [0, 0.1) is 0 Å². The Morgan fingerprint density at radius 2 is 1.78 bits per heavy atom. The zero-order valence-electron chi connectivity index (χ0n) is 12.6. The molecule has 2 N–H and O–H groups in total. The molecule has 5 nitrogen and oxygen atoms in total. The van der Waals surface area contributed by atoms with Gasteiger partial charge < -0.3 is 15.4 Å². The van der Waals surface area contributed by atoms with Gasteiger partial charge in [-0.05, 0) is 52.7 Å². The predicted octanol–water partition coefficient (Wildman–Crippen LogP) is 3.95. The van der Waals surface area contributed by atoms with Gasteiger partial charge in [-0.2, -0.15) is 0 Å². The van der Waals surface area contributed by atoms with Crippen molar-refractivity contribution in [3.8, 4) is 0 Å². The molecular formula is C17H17BrN2O3. The number of nitrogens with one attached hydrogen (secondary N) is 2. The lowest BCUT2D eigenvalue weighted by molar-refractivity contribution is 0.0526. The summed E-state index contributed by atoms with van der Waals surface area (Å²) in [5.41, 5.74) is 2.08. The molecule has 0 saturated carbocycles. The van der Waals surface area contributed by atoms with E-state index in [9.17, 15) is 9.59 Å². The number of urea groups is 1. The molecule has 0 spiro atoms. The van der Waals surface area contributed by atoms with Gasteiger partial charge in [-0.25, -0.2) is 9.59 Å². The van der Waals surface area contributed by atoms with E-state index < -0.39 is 0 Å². The second-order valence-corrected chi connectivity index (χ2v) is 5.56. The number of ether oxygens (including phenoxy) is 1. The highest BCUT2D eigenvalue weighted by molar-refractivity contribution is 9.10. The third-order valence-electron chi connectivity index (χ3n) is 3.04. The molecule has 2 aromatic rings. The van der Waals surface area contributed by atoms with Crippen molar-refractivity contribution in [1.82, 2.24) is 5.32 Å². The highest BCUT2D eigenvalue weighted by Crippen LogP contribution is 2.20. The van der Waals surface area contributed by atoms with Gasteiger partial charge in [-0.15, -0.1) is 0 Å². The van der Waals surface area contributed by atoms with Crippen molar-refractivity contribution in [3.05, 3.63) is 64.1 Å². The van der Waals surface area contributed by atoms with Crippen molar-refractivity contribution in [3.63, 3.8) is 0 Å². The van der Waals surface area contributed by atoms with Gasteiger partial charge in [0, 0.05) is 11.0 Å². The van der Waals surface area contributed by atoms with Crippen LogP contribution >= 0.6 is 15.9 Å². The Balaban J connectivity index is 1.87. The predicted molar refractivity (Wildman–Crippen MR) is 92.4 cm³/mol. The molecule has 0 aliphatic rings. The van der Waals surface area contributed by atoms with Crippen LogP contribution in [0.4, 0.5) is 10.5 Å². The Kier molecular flexibility index (Phi) is 6.17. The average molecular weight is 377 g/mol. The number of hydrogen-bond acceptors (Lipinski definition) is 3. The van der Waals surface area contributed by atoms with Crippen LogP contribution in [0.3, 0.4) is 0 Å². The van der Waals surface area contributed by atoms with E-state index in [1.807, 2.05) is 18.2 Å². The van der Waals surface area contributed by atoms with Gasteiger partial charge in [-0.3, -0.25) is 0 Å². The van der Waals surface area contributed by atoms with Crippen molar-refractivity contribution in [1.29, 1.82) is 0 Å². The summed E-state index contributed by atoms with van der Waals surface area (Å²) in [5, 5.41) is 5.52. The van der Waals surface area contributed by atoms with Crippen LogP contribution < -0.4 is 10.6 Å². The normalized spacial score (nSPS) is 10.0. The van der Waals surface area contributed by atoms with Crippen LogP contribution in [0.1, 0.15) is 22.8 Å². The maximum atomic E-state index is 11.9. The van der Waals surface area contributed by atoms with Gasteiger partial charge in [0.05, 0.1) is 17.9 Å². The van der Waals surface area contributed by atoms with Gasteiger partial charge in [0.1, 0.15) is 0 Å². The van der Waals surface area contributed by atoms with E-state index in [0.29, 0.717) is 24.4 Å². The molecule has 2 aromatic carbocycles. The quantitative estimate of drug-likeness (QED) is 0.776. The minimum Gasteiger partial charge on any atom is -0.462 e. The van der Waals surface area contributed by atoms with E-state index in [4.69, 9.17) is 4.74 Å². The first kappa shape index (κ1) is 17.0. The van der Waals surface area contributed by atoms with Crippen molar-refractivity contribution in [2.75, 3.05) is 11.9 Å². The minimum absolute atomic E-state index is 0.300. The number of esters is 1. The van der Waals surface area contributed by atoms with E-state index in [1.165, 1.54) is 0 Å². The fraction of sp³-hybridized carbons (Fsp3) is 0.176. The molecule has 0 heterocycles. The summed E-state index contributed by atoms with van der Waals surface area (Å²) in [4.78, 5) is 23.4. The van der Waals surface area contributed by atoms with Gasteiger partial charge in [0.25, 0.3) is 0 Å². The molecule has 0 aromatic heterocycles. The lowest BCUT2D eigenvalue weighted by atomic mass is 10.1. The first-order valence-electron chi connectivity index (χ1n) is 7.15. The number of halogens is 1. The molecule has 0 fully saturated rings. The molecule has 0 bridgehead atoms. The molecule has 0 unspecified atom stereocenters. The van der Waals surface area contributed by atoms with Crippen LogP contribution in [0.25, 0.3) is 0 Å². The number of anilines is 1. The molecule has 0 saturated heterocycles. The summed E-state index contributed by atoms with van der Waals surface area (Å²) in [6.45, 7) is 2.47. The van der Waals surface area contributed by atoms with Crippen LogP contribution in [0.2, 0.25) is 0 Å². The molecular weight excluding hydrogens is 360 g/mol. The van der Waals surface area contributed by atoms with Crippen LogP contribution in [0.15, 0.2) is 53.0 Å². The lowest BCUT2D eigenvalue weighted by Gasteiger charge is -2.09. The first-order valence-corrected chi connectivity index (χ1v) is 7.95. The van der Waals surface area contributed by atoms with Gasteiger partial charge in [0.15, 0.2) is 0 Å². The Bertz CT molecular complexity index is 686. The smallest absolute Gasteiger partial charge is 0.338 e.